The van der Waals surface area contributed by atoms with Gasteiger partial charge in [-0.2, -0.15) is 0 Å². The predicted octanol–water partition coefficient (Wildman–Crippen LogP) is 3.01. The van der Waals surface area contributed by atoms with Crippen LogP contribution in [0.3, 0.4) is 0 Å². The molecule has 3 rings (SSSR count). The summed E-state index contributed by atoms with van der Waals surface area (Å²) in [5, 5.41) is 4.43. The molecule has 1 aliphatic heterocycles. The smallest absolute Gasteiger partial charge is 0.341 e. The second kappa shape index (κ2) is 10.9. The maximum Gasteiger partial charge on any atom is 0.341 e. The fourth-order valence-electron chi connectivity index (χ4n) is 3.01. The van der Waals surface area contributed by atoms with Crippen LogP contribution in [0, 0.1) is 13.8 Å². The van der Waals surface area contributed by atoms with E-state index < -0.39 is 11.9 Å². The van der Waals surface area contributed by atoms with E-state index in [1.54, 1.807) is 31.2 Å². The Labute approximate surface area is 189 Å². The van der Waals surface area contributed by atoms with Crippen molar-refractivity contribution >= 4 is 29.6 Å². The summed E-state index contributed by atoms with van der Waals surface area (Å²) in [7, 11) is 1.28. The average Bonchev–Trinajstić information content (AvgIpc) is 3.30. The van der Waals surface area contributed by atoms with Gasteiger partial charge in [-0.15, -0.1) is 0 Å². The van der Waals surface area contributed by atoms with Gasteiger partial charge in [0.25, 0.3) is 0 Å². The largest absolute Gasteiger partial charge is 0.488 e. The highest BCUT2D eigenvalue weighted by atomic mass is 32.2. The Morgan fingerprint density at radius 3 is 2.78 bits per heavy atom. The maximum atomic E-state index is 12.6. The molecule has 0 aliphatic carbocycles. The van der Waals surface area contributed by atoms with E-state index in [0.717, 1.165) is 11.3 Å². The SMILES string of the molecule is COC(=O)/C=C1/SCC(=O)N1CCCOC(=O)c1ccccc1OCc1c(C)noc1C. The number of benzene rings is 1. The molecule has 0 saturated carbocycles. The van der Waals surface area contributed by atoms with Crippen molar-refractivity contribution in [3.8, 4) is 5.75 Å². The van der Waals surface area contributed by atoms with Crippen molar-refractivity contribution in [2.24, 2.45) is 0 Å². The summed E-state index contributed by atoms with van der Waals surface area (Å²) in [6.45, 7) is 4.28. The van der Waals surface area contributed by atoms with Crippen LogP contribution in [0.25, 0.3) is 0 Å². The number of aryl methyl sites for hydroxylation is 2. The van der Waals surface area contributed by atoms with Crippen molar-refractivity contribution in [2.75, 3.05) is 26.0 Å². The first-order valence-electron chi connectivity index (χ1n) is 9.94. The lowest BCUT2D eigenvalue weighted by Crippen LogP contribution is -2.27. The Morgan fingerprint density at radius 2 is 2.06 bits per heavy atom. The summed E-state index contributed by atoms with van der Waals surface area (Å²) in [6, 6.07) is 6.82. The Hall–Kier alpha value is -3.27. The van der Waals surface area contributed by atoms with Crippen molar-refractivity contribution in [1.29, 1.82) is 0 Å². The summed E-state index contributed by atoms with van der Waals surface area (Å²) in [5.41, 5.74) is 1.87. The van der Waals surface area contributed by atoms with E-state index in [2.05, 4.69) is 9.89 Å². The Bertz CT molecular complexity index is 1010. The van der Waals surface area contributed by atoms with Crippen LogP contribution < -0.4 is 4.74 Å². The first-order valence-corrected chi connectivity index (χ1v) is 10.9. The Morgan fingerprint density at radius 1 is 1.28 bits per heavy atom. The van der Waals surface area contributed by atoms with Gasteiger partial charge in [0.05, 0.1) is 41.8 Å². The van der Waals surface area contributed by atoms with Gasteiger partial charge in [0, 0.05) is 6.54 Å². The van der Waals surface area contributed by atoms with E-state index in [1.165, 1.54) is 29.8 Å². The first-order chi connectivity index (χ1) is 15.4. The molecule has 0 radical (unpaired) electrons. The molecule has 10 heteroatoms. The molecule has 1 aliphatic rings. The molecule has 170 valence electrons. The van der Waals surface area contributed by atoms with Crippen LogP contribution in [0.15, 0.2) is 39.9 Å². The molecule has 2 heterocycles. The van der Waals surface area contributed by atoms with Gasteiger partial charge in [-0.05, 0) is 32.4 Å². The molecule has 32 heavy (non-hydrogen) atoms. The quantitative estimate of drug-likeness (QED) is 0.317. The summed E-state index contributed by atoms with van der Waals surface area (Å²) in [6.07, 6.45) is 1.70. The van der Waals surface area contributed by atoms with Crippen LogP contribution in [0.2, 0.25) is 0 Å². The van der Waals surface area contributed by atoms with E-state index in [1.807, 2.05) is 6.92 Å². The van der Waals surface area contributed by atoms with E-state index in [-0.39, 0.29) is 24.9 Å². The molecule has 0 atom stereocenters. The van der Waals surface area contributed by atoms with Gasteiger partial charge < -0.3 is 23.6 Å². The minimum absolute atomic E-state index is 0.102. The molecule has 1 amide bonds. The predicted molar refractivity (Wildman–Crippen MR) is 116 cm³/mol. The number of esters is 2. The van der Waals surface area contributed by atoms with Crippen LogP contribution in [0.5, 0.6) is 5.75 Å². The first kappa shape index (κ1) is 23.4. The second-order valence-electron chi connectivity index (χ2n) is 6.92. The highest BCUT2D eigenvalue weighted by Crippen LogP contribution is 2.29. The molecular formula is C22H24N2O7S. The Balaban J connectivity index is 1.54. The van der Waals surface area contributed by atoms with Gasteiger partial charge in [0.1, 0.15) is 23.7 Å². The van der Waals surface area contributed by atoms with Crippen molar-refractivity contribution in [3.63, 3.8) is 0 Å². The number of aromatic nitrogens is 1. The number of carbonyl (C=O) groups is 3. The zero-order chi connectivity index (χ0) is 23.1. The van der Waals surface area contributed by atoms with Gasteiger partial charge in [-0.3, -0.25) is 4.79 Å². The topological polar surface area (TPSA) is 108 Å². The highest BCUT2D eigenvalue weighted by molar-refractivity contribution is 8.04. The summed E-state index contributed by atoms with van der Waals surface area (Å²) >= 11 is 1.27. The molecule has 0 spiro atoms. The molecule has 0 bridgehead atoms. The Kier molecular flexibility index (Phi) is 7.93. The van der Waals surface area contributed by atoms with Crippen molar-refractivity contribution in [1.82, 2.24) is 10.1 Å². The lowest BCUT2D eigenvalue weighted by Gasteiger charge is -2.17. The molecular weight excluding hydrogens is 436 g/mol. The van der Waals surface area contributed by atoms with Crippen LogP contribution in [-0.2, 0) is 25.7 Å². The van der Waals surface area contributed by atoms with Gasteiger partial charge in [0.2, 0.25) is 5.91 Å². The monoisotopic (exact) mass is 460 g/mol. The third kappa shape index (κ3) is 5.70. The zero-order valence-corrected chi connectivity index (χ0v) is 18.9. The minimum atomic E-state index is -0.521. The third-order valence-electron chi connectivity index (χ3n) is 4.77. The van der Waals surface area contributed by atoms with E-state index in [0.29, 0.717) is 35.1 Å². The average molecular weight is 461 g/mol. The van der Waals surface area contributed by atoms with Crippen LogP contribution in [-0.4, -0.2) is 53.9 Å². The van der Waals surface area contributed by atoms with Gasteiger partial charge >= 0.3 is 11.9 Å². The van der Waals surface area contributed by atoms with E-state index in [9.17, 15) is 14.4 Å². The highest BCUT2D eigenvalue weighted by Gasteiger charge is 2.27. The summed E-state index contributed by atoms with van der Waals surface area (Å²) in [4.78, 5) is 37.6. The third-order valence-corrected chi connectivity index (χ3v) is 5.80. The molecule has 1 aromatic heterocycles. The number of ether oxygens (including phenoxy) is 3. The number of methoxy groups -OCH3 is 1. The van der Waals surface area contributed by atoms with Gasteiger partial charge in [0.15, 0.2) is 0 Å². The molecule has 1 fully saturated rings. The number of amides is 1. The molecule has 1 aromatic carbocycles. The van der Waals surface area contributed by atoms with Crippen LogP contribution >= 0.6 is 11.8 Å². The molecule has 2 aromatic rings. The number of carbonyl (C=O) groups excluding carboxylic acids is 3. The number of hydrogen-bond acceptors (Lipinski definition) is 9. The second-order valence-corrected chi connectivity index (χ2v) is 7.91. The van der Waals surface area contributed by atoms with Crippen molar-refractivity contribution < 1.29 is 33.1 Å². The zero-order valence-electron chi connectivity index (χ0n) is 18.1. The summed E-state index contributed by atoms with van der Waals surface area (Å²) in [5.74, 6) is 0.177. The number of rotatable bonds is 9. The van der Waals surface area contributed by atoms with Gasteiger partial charge in [-0.25, -0.2) is 9.59 Å². The fraction of sp³-hybridized carbons (Fsp3) is 0.364. The normalized spacial score (nSPS) is 14.7. The summed E-state index contributed by atoms with van der Waals surface area (Å²) < 4.78 is 20.9. The van der Waals surface area contributed by atoms with Crippen LogP contribution in [0.4, 0.5) is 0 Å². The lowest BCUT2D eigenvalue weighted by molar-refractivity contribution is -0.134. The van der Waals surface area contributed by atoms with E-state index in [4.69, 9.17) is 14.0 Å². The van der Waals surface area contributed by atoms with Crippen molar-refractivity contribution in [3.05, 3.63) is 58.0 Å². The van der Waals surface area contributed by atoms with E-state index >= 15 is 0 Å². The fourth-order valence-corrected chi connectivity index (χ4v) is 3.97. The molecule has 9 nitrogen and oxygen atoms in total. The molecule has 0 N–H and O–H groups in total. The minimum Gasteiger partial charge on any atom is -0.488 e. The number of hydrogen-bond donors (Lipinski definition) is 0. The van der Waals surface area contributed by atoms with Gasteiger partial charge in [-0.1, -0.05) is 29.1 Å². The number of para-hydroxylation sites is 1. The van der Waals surface area contributed by atoms with Crippen LogP contribution in [0.1, 0.15) is 33.8 Å². The maximum absolute atomic E-state index is 12.6. The lowest BCUT2D eigenvalue weighted by atomic mass is 10.2. The number of nitrogens with zero attached hydrogens (tertiary/aromatic N) is 2. The molecule has 0 unspecified atom stereocenters. The number of thioether (sulfide) groups is 1. The van der Waals surface area contributed by atoms with Crippen molar-refractivity contribution in [2.45, 2.75) is 26.9 Å². The molecule has 1 saturated heterocycles. The standard InChI is InChI=1S/C22H24N2O7S/c1-14-17(15(2)31-23-14)12-30-18-8-5-4-7-16(18)22(27)29-10-6-9-24-19(25)13-32-20(24)11-21(26)28-3/h4-5,7-8,11H,6,9-10,12-13H2,1-3H3/b20-11+.